The summed E-state index contributed by atoms with van der Waals surface area (Å²) in [6, 6.07) is 10.1. The number of ketones is 1. The van der Waals surface area contributed by atoms with Crippen LogP contribution in [0.2, 0.25) is 0 Å². The van der Waals surface area contributed by atoms with Gasteiger partial charge in [-0.3, -0.25) is 9.59 Å². The third-order valence-electron chi connectivity index (χ3n) is 3.70. The summed E-state index contributed by atoms with van der Waals surface area (Å²) >= 11 is 1.46. The van der Waals surface area contributed by atoms with Crippen LogP contribution in [-0.4, -0.2) is 44.0 Å². The van der Waals surface area contributed by atoms with Gasteiger partial charge >= 0.3 is 5.97 Å². The Hall–Kier alpha value is -3.40. The number of anilines is 1. The molecule has 0 saturated carbocycles. The van der Waals surface area contributed by atoms with Gasteiger partial charge in [0.05, 0.1) is 4.88 Å². The molecule has 0 radical (unpaired) electrons. The van der Waals surface area contributed by atoms with E-state index in [-0.39, 0.29) is 12.3 Å². The summed E-state index contributed by atoms with van der Waals surface area (Å²) in [6.07, 6.45) is -1.01. The van der Waals surface area contributed by atoms with Gasteiger partial charge in [0.25, 0.3) is 5.91 Å². The van der Waals surface area contributed by atoms with Crippen LogP contribution >= 0.6 is 11.3 Å². The number of nitrogens with zero attached hydrogens (tertiary/aromatic N) is 4. The van der Waals surface area contributed by atoms with E-state index in [4.69, 9.17) is 4.74 Å². The molecule has 2 heterocycles. The second-order valence-corrected chi connectivity index (χ2v) is 6.82. The minimum atomic E-state index is -1.01. The lowest BCUT2D eigenvalue weighted by Gasteiger charge is -2.13. The molecule has 0 saturated heterocycles. The number of nitrogens with one attached hydrogen (secondary N) is 1. The molecule has 0 spiro atoms. The fourth-order valence-corrected chi connectivity index (χ4v) is 2.90. The molecule has 0 aliphatic heterocycles. The highest BCUT2D eigenvalue weighted by Gasteiger charge is 2.19. The Labute approximate surface area is 164 Å². The number of amides is 1. The van der Waals surface area contributed by atoms with Crippen LogP contribution in [0.25, 0.3) is 10.7 Å². The molecule has 1 N–H and O–H groups in total. The first-order chi connectivity index (χ1) is 13.4. The SMILES string of the molecule is CC(=O)c1ccc(NC(=O)[C@H](C)OC(=O)Cn2nnc(-c3cccs3)n2)cc1. The minimum Gasteiger partial charge on any atom is -0.451 e. The molecule has 1 aromatic carbocycles. The molecule has 3 aromatic rings. The number of Topliss-reactive ketones (excluding diaryl/α,β-unsaturated/α-hetero) is 1. The summed E-state index contributed by atoms with van der Waals surface area (Å²) in [5.74, 6) is -0.800. The zero-order valence-corrected chi connectivity index (χ0v) is 16.0. The van der Waals surface area contributed by atoms with Crippen molar-refractivity contribution in [3.8, 4) is 10.7 Å². The van der Waals surface area contributed by atoms with Gasteiger partial charge in [0, 0.05) is 11.3 Å². The summed E-state index contributed by atoms with van der Waals surface area (Å²) in [4.78, 5) is 37.4. The maximum absolute atomic E-state index is 12.2. The van der Waals surface area contributed by atoms with E-state index >= 15 is 0 Å². The summed E-state index contributed by atoms with van der Waals surface area (Å²) in [5.41, 5.74) is 1.04. The van der Waals surface area contributed by atoms with Gasteiger partial charge in [0.15, 0.2) is 18.4 Å². The number of benzene rings is 1. The van der Waals surface area contributed by atoms with Crippen molar-refractivity contribution in [1.29, 1.82) is 0 Å². The number of carbonyl (C=O) groups excluding carboxylic acids is 3. The van der Waals surface area contributed by atoms with Crippen LogP contribution in [0.4, 0.5) is 5.69 Å². The van der Waals surface area contributed by atoms with Gasteiger partial charge in [0.2, 0.25) is 5.82 Å². The number of carbonyl (C=O) groups is 3. The molecule has 0 aliphatic rings. The van der Waals surface area contributed by atoms with Crippen molar-refractivity contribution >= 4 is 34.7 Å². The number of esters is 1. The van der Waals surface area contributed by atoms with Crippen LogP contribution in [-0.2, 0) is 20.9 Å². The third-order valence-corrected chi connectivity index (χ3v) is 4.57. The van der Waals surface area contributed by atoms with E-state index in [1.807, 2.05) is 17.5 Å². The number of hydrogen-bond donors (Lipinski definition) is 1. The van der Waals surface area contributed by atoms with Gasteiger partial charge in [-0.15, -0.1) is 21.5 Å². The third kappa shape index (κ3) is 4.86. The van der Waals surface area contributed by atoms with E-state index in [0.717, 1.165) is 9.67 Å². The summed E-state index contributed by atoms with van der Waals surface area (Å²) in [6.45, 7) is 2.66. The molecule has 0 bridgehead atoms. The zero-order valence-electron chi connectivity index (χ0n) is 15.2. The highest BCUT2D eigenvalue weighted by molar-refractivity contribution is 7.13. The summed E-state index contributed by atoms with van der Waals surface area (Å²) < 4.78 is 5.12. The highest BCUT2D eigenvalue weighted by atomic mass is 32.1. The van der Waals surface area contributed by atoms with E-state index in [1.165, 1.54) is 25.2 Å². The number of thiophene rings is 1. The predicted molar refractivity (Wildman–Crippen MR) is 102 cm³/mol. The second kappa shape index (κ2) is 8.53. The molecule has 0 aliphatic carbocycles. The zero-order chi connectivity index (χ0) is 20.1. The van der Waals surface area contributed by atoms with Crippen LogP contribution in [0.5, 0.6) is 0 Å². The molecule has 9 nitrogen and oxygen atoms in total. The van der Waals surface area contributed by atoms with Crippen molar-refractivity contribution in [2.75, 3.05) is 5.32 Å². The van der Waals surface area contributed by atoms with Crippen molar-refractivity contribution in [3.05, 3.63) is 47.3 Å². The normalized spacial score (nSPS) is 11.6. The second-order valence-electron chi connectivity index (χ2n) is 5.88. The lowest BCUT2D eigenvalue weighted by Crippen LogP contribution is -2.31. The maximum Gasteiger partial charge on any atom is 0.330 e. The monoisotopic (exact) mass is 399 g/mol. The van der Waals surface area contributed by atoms with Crippen molar-refractivity contribution in [2.45, 2.75) is 26.5 Å². The van der Waals surface area contributed by atoms with Crippen LogP contribution in [0, 0.1) is 0 Å². The standard InChI is InChI=1S/C18H17N5O4S/c1-11(24)13-5-7-14(8-6-13)19-18(26)12(2)27-16(25)10-23-21-17(20-22-23)15-4-3-9-28-15/h3-9,12H,10H2,1-2H3,(H,19,26)/t12-/m0/s1. The highest BCUT2D eigenvalue weighted by Crippen LogP contribution is 2.19. The van der Waals surface area contributed by atoms with Gasteiger partial charge in [-0.25, -0.2) is 4.79 Å². The predicted octanol–water partition coefficient (Wildman–Crippen LogP) is 2.17. The van der Waals surface area contributed by atoms with Crippen LogP contribution in [0.15, 0.2) is 41.8 Å². The van der Waals surface area contributed by atoms with Crippen LogP contribution < -0.4 is 5.32 Å². The average Bonchev–Trinajstić information content (AvgIpc) is 3.33. The van der Waals surface area contributed by atoms with Crippen molar-refractivity contribution < 1.29 is 19.1 Å². The first kappa shape index (κ1) is 19.4. The number of tetrazole rings is 1. The average molecular weight is 399 g/mol. The molecule has 1 amide bonds. The van der Waals surface area contributed by atoms with Crippen molar-refractivity contribution in [1.82, 2.24) is 20.2 Å². The Balaban J connectivity index is 1.52. The van der Waals surface area contributed by atoms with Gasteiger partial charge in [-0.1, -0.05) is 6.07 Å². The fraction of sp³-hybridized carbons (Fsp3) is 0.222. The minimum absolute atomic E-state index is 0.0656. The Morgan fingerprint density at radius 1 is 1.21 bits per heavy atom. The molecule has 1 atom stereocenters. The van der Waals surface area contributed by atoms with Gasteiger partial charge in [0.1, 0.15) is 0 Å². The lowest BCUT2D eigenvalue weighted by molar-refractivity contribution is -0.154. The van der Waals surface area contributed by atoms with Gasteiger partial charge < -0.3 is 10.1 Å². The largest absolute Gasteiger partial charge is 0.451 e. The molecule has 28 heavy (non-hydrogen) atoms. The van der Waals surface area contributed by atoms with Crippen molar-refractivity contribution in [2.24, 2.45) is 0 Å². The van der Waals surface area contributed by atoms with Crippen LogP contribution in [0.1, 0.15) is 24.2 Å². The Kier molecular flexibility index (Phi) is 5.90. The maximum atomic E-state index is 12.2. The number of aromatic nitrogens is 4. The Morgan fingerprint density at radius 2 is 1.96 bits per heavy atom. The van der Waals surface area contributed by atoms with Gasteiger partial charge in [-0.05, 0) is 54.8 Å². The molecule has 144 valence electrons. The topological polar surface area (TPSA) is 116 Å². The van der Waals surface area contributed by atoms with Crippen LogP contribution in [0.3, 0.4) is 0 Å². The molecule has 10 heteroatoms. The van der Waals surface area contributed by atoms with E-state index in [2.05, 4.69) is 20.7 Å². The summed E-state index contributed by atoms with van der Waals surface area (Å²) in [5, 5.41) is 16.3. The molecule has 0 unspecified atom stereocenters. The van der Waals surface area contributed by atoms with Gasteiger partial charge in [-0.2, -0.15) is 4.80 Å². The summed E-state index contributed by atoms with van der Waals surface area (Å²) in [7, 11) is 0. The molecular formula is C18H17N5O4S. The fourth-order valence-electron chi connectivity index (χ4n) is 2.25. The Morgan fingerprint density at radius 3 is 2.61 bits per heavy atom. The molecule has 3 rings (SSSR count). The number of rotatable bonds is 7. The quantitative estimate of drug-likeness (QED) is 0.478. The lowest BCUT2D eigenvalue weighted by atomic mass is 10.1. The smallest absolute Gasteiger partial charge is 0.330 e. The first-order valence-corrected chi connectivity index (χ1v) is 9.23. The van der Waals surface area contributed by atoms with Crippen molar-refractivity contribution in [3.63, 3.8) is 0 Å². The first-order valence-electron chi connectivity index (χ1n) is 8.35. The van der Waals surface area contributed by atoms with E-state index in [9.17, 15) is 14.4 Å². The molecular weight excluding hydrogens is 382 g/mol. The molecule has 2 aromatic heterocycles. The number of hydrogen-bond acceptors (Lipinski definition) is 8. The van der Waals surface area contributed by atoms with E-state index in [1.54, 1.807) is 24.3 Å². The number of ether oxygens (including phenoxy) is 1. The van der Waals surface area contributed by atoms with E-state index < -0.39 is 18.0 Å². The Bertz CT molecular complexity index is 982. The molecule has 0 fully saturated rings. The van der Waals surface area contributed by atoms with E-state index in [0.29, 0.717) is 17.1 Å².